The Labute approximate surface area is 237 Å². The topological polar surface area (TPSA) is 98.7 Å². The number of halogens is 1. The van der Waals surface area contributed by atoms with Crippen molar-refractivity contribution in [2.75, 3.05) is 52.3 Å². The molecule has 1 aromatic carbocycles. The molecule has 2 aliphatic heterocycles. The summed E-state index contributed by atoms with van der Waals surface area (Å²) in [4.78, 5) is 28.1. The molecule has 0 unspecified atom stereocenters. The maximum Gasteiger partial charge on any atom is 0.255 e. The van der Waals surface area contributed by atoms with Crippen LogP contribution in [0.4, 0.5) is 10.1 Å². The van der Waals surface area contributed by atoms with Crippen LogP contribution in [0.5, 0.6) is 5.75 Å². The number of pyridine rings is 2. The van der Waals surface area contributed by atoms with Crippen LogP contribution in [0.15, 0.2) is 53.2 Å². The zero-order valence-corrected chi connectivity index (χ0v) is 23.3. The van der Waals surface area contributed by atoms with Gasteiger partial charge in [0.1, 0.15) is 29.2 Å². The van der Waals surface area contributed by atoms with E-state index in [9.17, 15) is 14.4 Å². The largest absolute Gasteiger partial charge is 0.494 e. The van der Waals surface area contributed by atoms with Crippen LogP contribution in [0.2, 0.25) is 0 Å². The number of fused-ring (bicyclic) bond motifs is 1. The number of hydrogen-bond acceptors (Lipinski definition) is 8. The molecule has 5 heterocycles. The van der Waals surface area contributed by atoms with Gasteiger partial charge in [0.25, 0.3) is 5.91 Å². The lowest BCUT2D eigenvalue weighted by Crippen LogP contribution is -2.34. The number of ether oxygens (including phenoxy) is 1. The number of hydrogen-bond donors (Lipinski definition) is 0. The Morgan fingerprint density at radius 1 is 1.15 bits per heavy atom. The summed E-state index contributed by atoms with van der Waals surface area (Å²) < 4.78 is 25.7. The van der Waals surface area contributed by atoms with Gasteiger partial charge < -0.3 is 23.9 Å². The molecule has 41 heavy (non-hydrogen) atoms. The van der Waals surface area contributed by atoms with Gasteiger partial charge in [0.15, 0.2) is 11.3 Å². The van der Waals surface area contributed by atoms with Crippen LogP contribution in [0.1, 0.15) is 28.8 Å². The van der Waals surface area contributed by atoms with Crippen molar-refractivity contribution in [1.82, 2.24) is 19.8 Å². The average Bonchev–Trinajstić information content (AvgIpc) is 3.75. The maximum absolute atomic E-state index is 13.8. The van der Waals surface area contributed by atoms with E-state index in [1.807, 2.05) is 42.1 Å². The molecule has 4 aromatic rings. The van der Waals surface area contributed by atoms with E-state index in [0.29, 0.717) is 78.1 Å². The van der Waals surface area contributed by atoms with Gasteiger partial charge in [-0.25, -0.2) is 9.37 Å². The SMILES string of the molecule is COc1cc(C(=O)N2CC[C@H](N(C)C)C2)cnc1-c1cc2nccc(-c3ccc(N4CC[C@@H](F)C4)c(C#N)c3)c2o1. The molecule has 9 nitrogen and oxygen atoms in total. The lowest BCUT2D eigenvalue weighted by atomic mass is 10.0. The molecule has 2 aliphatic rings. The van der Waals surface area contributed by atoms with Gasteiger partial charge in [0.2, 0.25) is 0 Å². The van der Waals surface area contributed by atoms with Crippen LogP contribution >= 0.6 is 0 Å². The summed E-state index contributed by atoms with van der Waals surface area (Å²) in [6.07, 6.45) is 3.77. The van der Waals surface area contributed by atoms with Crippen molar-refractivity contribution in [2.45, 2.75) is 25.1 Å². The Kier molecular flexibility index (Phi) is 7.05. The number of carbonyl (C=O) groups is 1. The highest BCUT2D eigenvalue weighted by molar-refractivity contribution is 5.96. The predicted octanol–water partition coefficient (Wildman–Crippen LogP) is 4.76. The number of furan rings is 1. The number of anilines is 1. The fourth-order valence-corrected chi connectivity index (χ4v) is 5.72. The van der Waals surface area contributed by atoms with Gasteiger partial charge >= 0.3 is 0 Å². The average molecular weight is 555 g/mol. The van der Waals surface area contributed by atoms with Crippen molar-refractivity contribution in [1.29, 1.82) is 5.26 Å². The summed E-state index contributed by atoms with van der Waals surface area (Å²) in [6, 6.07) is 13.5. The van der Waals surface area contributed by atoms with Gasteiger partial charge in [-0.15, -0.1) is 0 Å². The molecule has 2 atom stereocenters. The molecule has 3 aromatic heterocycles. The van der Waals surface area contributed by atoms with Crippen LogP contribution in [0.25, 0.3) is 33.7 Å². The molecule has 0 spiro atoms. The molecule has 0 bridgehead atoms. The van der Waals surface area contributed by atoms with E-state index < -0.39 is 6.17 Å². The zero-order valence-electron chi connectivity index (χ0n) is 23.3. The molecule has 1 amide bonds. The first-order chi connectivity index (χ1) is 19.9. The highest BCUT2D eigenvalue weighted by Gasteiger charge is 2.29. The summed E-state index contributed by atoms with van der Waals surface area (Å²) in [7, 11) is 5.59. The number of nitriles is 1. The fourth-order valence-electron chi connectivity index (χ4n) is 5.72. The van der Waals surface area contributed by atoms with E-state index in [2.05, 4.69) is 20.9 Å². The van der Waals surface area contributed by atoms with E-state index in [1.54, 1.807) is 30.6 Å². The molecule has 0 N–H and O–H groups in total. The summed E-state index contributed by atoms with van der Waals surface area (Å²) in [5.74, 6) is 0.800. The van der Waals surface area contributed by atoms with E-state index >= 15 is 0 Å². The summed E-state index contributed by atoms with van der Waals surface area (Å²) in [6.45, 7) is 2.26. The second-order valence-electron chi connectivity index (χ2n) is 10.8. The minimum absolute atomic E-state index is 0.0760. The van der Waals surface area contributed by atoms with E-state index in [0.717, 1.165) is 23.2 Å². The van der Waals surface area contributed by atoms with Crippen molar-refractivity contribution in [3.05, 3.63) is 59.9 Å². The molecule has 0 radical (unpaired) electrons. The standard InChI is InChI=1S/C31H31FN6O3/c1-36(2)23-8-11-38(18-23)31(39)21-13-27(40-3)29(35-16-21)28-14-25-30(41-28)24(6-9-34-25)19-4-5-26(20(12-19)15-33)37-10-7-22(32)17-37/h4-6,9,12-14,16,22-23H,7-8,10-11,17-18H2,1-3H3/t22-,23+/m1/s1. The number of likely N-dealkylation sites (N-methyl/N-ethyl adjacent to an activating group) is 1. The molecule has 6 rings (SSSR count). The Bertz CT molecular complexity index is 1660. The number of rotatable bonds is 6. The number of carbonyl (C=O) groups excluding carboxylic acids is 1. The lowest BCUT2D eigenvalue weighted by Gasteiger charge is -2.20. The number of benzene rings is 1. The van der Waals surface area contributed by atoms with Gasteiger partial charge in [-0.3, -0.25) is 9.78 Å². The lowest BCUT2D eigenvalue weighted by molar-refractivity contribution is 0.0782. The van der Waals surface area contributed by atoms with Crippen molar-refractivity contribution in [2.24, 2.45) is 0 Å². The fraction of sp³-hybridized carbons (Fsp3) is 0.355. The van der Waals surface area contributed by atoms with Crippen LogP contribution in [0, 0.1) is 11.3 Å². The van der Waals surface area contributed by atoms with Crippen molar-refractivity contribution in [3.63, 3.8) is 0 Å². The number of aromatic nitrogens is 2. The van der Waals surface area contributed by atoms with Crippen molar-refractivity contribution < 1.29 is 18.3 Å². The molecule has 2 saturated heterocycles. The maximum atomic E-state index is 13.8. The highest BCUT2D eigenvalue weighted by Crippen LogP contribution is 2.38. The first-order valence-electron chi connectivity index (χ1n) is 13.7. The van der Waals surface area contributed by atoms with Crippen LogP contribution in [-0.4, -0.2) is 85.3 Å². The van der Waals surface area contributed by atoms with Gasteiger partial charge in [-0.1, -0.05) is 6.07 Å². The zero-order chi connectivity index (χ0) is 28.7. The minimum Gasteiger partial charge on any atom is -0.494 e. The number of nitrogens with zero attached hydrogens (tertiary/aromatic N) is 6. The van der Waals surface area contributed by atoms with Crippen LogP contribution < -0.4 is 9.64 Å². The van der Waals surface area contributed by atoms with Gasteiger partial charge in [0, 0.05) is 56.2 Å². The Morgan fingerprint density at radius 3 is 2.71 bits per heavy atom. The second-order valence-corrected chi connectivity index (χ2v) is 10.8. The van der Waals surface area contributed by atoms with E-state index in [4.69, 9.17) is 9.15 Å². The minimum atomic E-state index is -0.879. The Balaban J connectivity index is 1.32. The van der Waals surface area contributed by atoms with Crippen LogP contribution in [0.3, 0.4) is 0 Å². The smallest absolute Gasteiger partial charge is 0.255 e. The summed E-state index contributed by atoms with van der Waals surface area (Å²) in [5.41, 5.74) is 4.85. The third-order valence-corrected chi connectivity index (χ3v) is 8.05. The predicted molar refractivity (Wildman–Crippen MR) is 154 cm³/mol. The molecule has 0 aliphatic carbocycles. The molecular formula is C31H31FN6O3. The number of likely N-dealkylation sites (tertiary alicyclic amines) is 1. The third kappa shape index (κ3) is 4.98. The number of methoxy groups -OCH3 is 1. The van der Waals surface area contributed by atoms with E-state index in [1.165, 1.54) is 7.11 Å². The molecule has 0 saturated carbocycles. The number of alkyl halides is 1. The van der Waals surface area contributed by atoms with Gasteiger partial charge in [-0.05, 0) is 56.8 Å². The quantitative estimate of drug-likeness (QED) is 0.337. The third-order valence-electron chi connectivity index (χ3n) is 8.05. The summed E-state index contributed by atoms with van der Waals surface area (Å²) in [5, 5.41) is 9.85. The van der Waals surface area contributed by atoms with Crippen molar-refractivity contribution >= 4 is 22.7 Å². The van der Waals surface area contributed by atoms with Gasteiger partial charge in [0.05, 0.1) is 23.9 Å². The molecular weight excluding hydrogens is 523 g/mol. The molecule has 210 valence electrons. The van der Waals surface area contributed by atoms with Crippen LogP contribution in [-0.2, 0) is 0 Å². The highest BCUT2D eigenvalue weighted by atomic mass is 19.1. The Morgan fingerprint density at radius 2 is 2.00 bits per heavy atom. The molecule has 10 heteroatoms. The van der Waals surface area contributed by atoms with Crippen molar-refractivity contribution in [3.8, 4) is 34.4 Å². The molecule has 2 fully saturated rings. The normalized spacial score (nSPS) is 18.8. The summed E-state index contributed by atoms with van der Waals surface area (Å²) >= 11 is 0. The van der Waals surface area contributed by atoms with E-state index in [-0.39, 0.29) is 5.91 Å². The first kappa shape index (κ1) is 26.7. The first-order valence-corrected chi connectivity index (χ1v) is 13.7. The number of amides is 1. The Hall–Kier alpha value is -4.49. The van der Waals surface area contributed by atoms with Gasteiger partial charge in [-0.2, -0.15) is 5.26 Å². The monoisotopic (exact) mass is 554 g/mol. The second kappa shape index (κ2) is 10.8.